The Morgan fingerprint density at radius 3 is 2.07 bits per heavy atom. The maximum absolute atomic E-state index is 12.2. The molecule has 2 aromatic rings. The van der Waals surface area contributed by atoms with E-state index in [2.05, 4.69) is 10.0 Å². The van der Waals surface area contributed by atoms with Gasteiger partial charge in [-0.1, -0.05) is 19.1 Å². The van der Waals surface area contributed by atoms with Gasteiger partial charge in [0, 0.05) is 13.1 Å². The van der Waals surface area contributed by atoms with Gasteiger partial charge in [0.05, 0.1) is 11.5 Å². The fourth-order valence-corrected chi connectivity index (χ4v) is 3.41. The molecule has 0 spiro atoms. The quantitative estimate of drug-likeness (QED) is 0.558. The van der Waals surface area contributed by atoms with Gasteiger partial charge >= 0.3 is 0 Å². The van der Waals surface area contributed by atoms with E-state index in [-0.39, 0.29) is 30.5 Å². The van der Waals surface area contributed by atoms with Crippen molar-refractivity contribution in [1.29, 1.82) is 0 Å². The Bertz CT molecular complexity index is 849. The van der Waals surface area contributed by atoms with E-state index in [0.717, 1.165) is 17.7 Å². The molecule has 8 heteroatoms. The molecule has 0 bridgehead atoms. The van der Waals surface area contributed by atoms with Crippen molar-refractivity contribution in [3.8, 4) is 11.5 Å². The number of carbonyl (C=O) groups is 1. The zero-order valence-corrected chi connectivity index (χ0v) is 16.9. The fourth-order valence-electron chi connectivity index (χ4n) is 2.37. The number of carbonyl (C=O) groups excluding carboxylic acids is 1. The van der Waals surface area contributed by atoms with Gasteiger partial charge in [0.2, 0.25) is 10.0 Å². The normalized spacial score (nSPS) is 11.1. The predicted octanol–water partition coefficient (Wildman–Crippen LogP) is 2.12. The molecule has 152 valence electrons. The maximum atomic E-state index is 12.2. The van der Waals surface area contributed by atoms with Crippen LogP contribution in [0.15, 0.2) is 53.4 Å². The summed E-state index contributed by atoms with van der Waals surface area (Å²) < 4.78 is 37.6. The third-order valence-electron chi connectivity index (χ3n) is 3.89. The minimum absolute atomic E-state index is 0.0899. The van der Waals surface area contributed by atoms with Crippen molar-refractivity contribution in [2.45, 2.75) is 25.2 Å². The molecule has 0 saturated heterocycles. The molecule has 28 heavy (non-hydrogen) atoms. The minimum Gasteiger partial charge on any atom is -0.494 e. The molecule has 0 aliphatic carbocycles. The molecule has 0 aliphatic heterocycles. The van der Waals surface area contributed by atoms with Gasteiger partial charge < -0.3 is 14.8 Å². The number of ether oxygens (including phenoxy) is 2. The van der Waals surface area contributed by atoms with Gasteiger partial charge in [-0.25, -0.2) is 13.1 Å². The summed E-state index contributed by atoms with van der Waals surface area (Å²) in [7, 11) is -3.59. The smallest absolute Gasteiger partial charge is 0.257 e. The Kier molecular flexibility index (Phi) is 8.28. The van der Waals surface area contributed by atoms with Crippen LogP contribution in [0.1, 0.15) is 19.4 Å². The molecule has 1 amide bonds. The number of aryl methyl sites for hydroxylation is 1. The lowest BCUT2D eigenvalue weighted by Gasteiger charge is -2.10. The summed E-state index contributed by atoms with van der Waals surface area (Å²) >= 11 is 0. The van der Waals surface area contributed by atoms with Crippen LogP contribution in [0.4, 0.5) is 0 Å². The van der Waals surface area contributed by atoms with Gasteiger partial charge in [-0.15, -0.1) is 0 Å². The molecule has 0 fully saturated rings. The minimum atomic E-state index is -3.59. The number of sulfonamides is 1. The Morgan fingerprint density at radius 1 is 0.893 bits per heavy atom. The molecule has 0 heterocycles. The van der Waals surface area contributed by atoms with Crippen LogP contribution < -0.4 is 19.5 Å². The molecule has 0 unspecified atom stereocenters. The molecule has 0 saturated carbocycles. The summed E-state index contributed by atoms with van der Waals surface area (Å²) in [4.78, 5) is 12.0. The molecule has 0 atom stereocenters. The lowest BCUT2D eigenvalue weighted by Crippen LogP contribution is -2.36. The second-order valence-corrected chi connectivity index (χ2v) is 7.71. The average molecular weight is 407 g/mol. The Balaban J connectivity index is 1.69. The summed E-state index contributed by atoms with van der Waals surface area (Å²) in [6.45, 7) is 4.58. The zero-order chi connectivity index (χ0) is 20.4. The molecule has 2 N–H and O–H groups in total. The number of nitrogens with one attached hydrogen (secondary N) is 2. The number of hydrogen-bond donors (Lipinski definition) is 2. The molecule has 0 aliphatic rings. The summed E-state index contributed by atoms with van der Waals surface area (Å²) in [6.07, 6.45) is 0.846. The Hall–Kier alpha value is -2.58. The van der Waals surface area contributed by atoms with Crippen molar-refractivity contribution < 1.29 is 22.7 Å². The first kappa shape index (κ1) is 21.7. The number of hydrogen-bond acceptors (Lipinski definition) is 5. The summed E-state index contributed by atoms with van der Waals surface area (Å²) in [5.74, 6) is 0.950. The lowest BCUT2D eigenvalue weighted by molar-refractivity contribution is -0.123. The van der Waals surface area contributed by atoms with Crippen molar-refractivity contribution in [3.63, 3.8) is 0 Å². The van der Waals surface area contributed by atoms with E-state index in [1.54, 1.807) is 48.5 Å². The van der Waals surface area contributed by atoms with Gasteiger partial charge in [-0.3, -0.25) is 4.79 Å². The van der Waals surface area contributed by atoms with Gasteiger partial charge in [0.25, 0.3) is 5.91 Å². The van der Waals surface area contributed by atoms with E-state index in [1.165, 1.54) is 0 Å². The van der Waals surface area contributed by atoms with Crippen molar-refractivity contribution in [2.75, 3.05) is 26.3 Å². The van der Waals surface area contributed by atoms with Crippen molar-refractivity contribution in [3.05, 3.63) is 54.1 Å². The van der Waals surface area contributed by atoms with Crippen molar-refractivity contribution in [2.24, 2.45) is 0 Å². The first-order valence-corrected chi connectivity index (χ1v) is 10.6. The molecule has 2 rings (SSSR count). The highest BCUT2D eigenvalue weighted by atomic mass is 32.2. The van der Waals surface area contributed by atoms with E-state index in [9.17, 15) is 13.2 Å². The van der Waals surface area contributed by atoms with Crippen LogP contribution in [0.5, 0.6) is 11.5 Å². The molecule has 0 aromatic heterocycles. The third-order valence-corrected chi connectivity index (χ3v) is 5.36. The second kappa shape index (κ2) is 10.7. The molecule has 0 radical (unpaired) electrons. The number of amides is 1. The van der Waals surface area contributed by atoms with Crippen molar-refractivity contribution >= 4 is 15.9 Å². The molecular formula is C20H26N2O5S. The SMILES string of the molecule is CCOc1ccc(OCC(=O)NCCNS(=O)(=O)c2ccc(CC)cc2)cc1. The Labute approximate surface area is 166 Å². The topological polar surface area (TPSA) is 93.7 Å². The van der Waals surface area contributed by atoms with Crippen LogP contribution in [0.3, 0.4) is 0 Å². The van der Waals surface area contributed by atoms with Gasteiger partial charge in [0.15, 0.2) is 6.61 Å². The monoisotopic (exact) mass is 406 g/mol. The van der Waals surface area contributed by atoms with Crippen LogP contribution in [-0.2, 0) is 21.2 Å². The van der Waals surface area contributed by atoms with E-state index in [4.69, 9.17) is 9.47 Å². The molecular weight excluding hydrogens is 380 g/mol. The summed E-state index contributed by atoms with van der Waals surface area (Å²) in [5, 5.41) is 2.61. The van der Waals surface area contributed by atoms with Crippen LogP contribution in [0, 0.1) is 0 Å². The molecule has 2 aromatic carbocycles. The van der Waals surface area contributed by atoms with Gasteiger partial charge in [-0.05, 0) is 55.3 Å². The Morgan fingerprint density at radius 2 is 1.50 bits per heavy atom. The number of benzene rings is 2. The van der Waals surface area contributed by atoms with E-state index in [1.807, 2.05) is 13.8 Å². The first-order chi connectivity index (χ1) is 13.4. The van der Waals surface area contributed by atoms with Gasteiger partial charge in [0.1, 0.15) is 11.5 Å². The highest BCUT2D eigenvalue weighted by molar-refractivity contribution is 7.89. The van der Waals surface area contributed by atoms with Crippen LogP contribution in [0.25, 0.3) is 0 Å². The third kappa shape index (κ3) is 6.86. The largest absolute Gasteiger partial charge is 0.494 e. The van der Waals surface area contributed by atoms with Gasteiger partial charge in [-0.2, -0.15) is 0 Å². The average Bonchev–Trinajstić information content (AvgIpc) is 2.71. The summed E-state index contributed by atoms with van der Waals surface area (Å²) in [5.41, 5.74) is 1.07. The maximum Gasteiger partial charge on any atom is 0.257 e. The standard InChI is InChI=1S/C20H26N2O5S/c1-3-16-5-11-19(12-6-16)28(24,25)22-14-13-21-20(23)15-27-18-9-7-17(8-10-18)26-4-2/h5-12,22H,3-4,13-15H2,1-2H3,(H,21,23). The van der Waals surface area contributed by atoms with Crippen LogP contribution >= 0.6 is 0 Å². The highest BCUT2D eigenvalue weighted by Gasteiger charge is 2.13. The van der Waals surface area contributed by atoms with E-state index < -0.39 is 10.0 Å². The predicted molar refractivity (Wildman–Crippen MR) is 107 cm³/mol. The second-order valence-electron chi connectivity index (χ2n) is 5.94. The first-order valence-electron chi connectivity index (χ1n) is 9.15. The van der Waals surface area contributed by atoms with Crippen molar-refractivity contribution in [1.82, 2.24) is 10.0 Å². The van der Waals surface area contributed by atoms with E-state index >= 15 is 0 Å². The van der Waals surface area contributed by atoms with E-state index in [0.29, 0.717) is 12.4 Å². The fraction of sp³-hybridized carbons (Fsp3) is 0.350. The summed E-state index contributed by atoms with van der Waals surface area (Å²) in [6, 6.07) is 13.7. The van der Waals surface area contributed by atoms with Crippen LogP contribution in [0.2, 0.25) is 0 Å². The highest BCUT2D eigenvalue weighted by Crippen LogP contribution is 2.17. The lowest BCUT2D eigenvalue weighted by atomic mass is 10.2. The number of rotatable bonds is 11. The molecule has 7 nitrogen and oxygen atoms in total. The zero-order valence-electron chi connectivity index (χ0n) is 16.1. The van der Waals surface area contributed by atoms with Crippen LogP contribution in [-0.4, -0.2) is 40.6 Å².